The molecule has 0 aliphatic rings. The van der Waals surface area contributed by atoms with Crippen LogP contribution in [0.4, 0.5) is 4.39 Å². The highest BCUT2D eigenvalue weighted by atomic mass is 19.1. The third-order valence-corrected chi connectivity index (χ3v) is 4.58. The number of aromatic nitrogens is 1. The Morgan fingerprint density at radius 1 is 1.21 bits per heavy atom. The van der Waals surface area contributed by atoms with Crippen LogP contribution in [0.15, 0.2) is 52.2 Å². The Kier molecular flexibility index (Phi) is 8.12. The average Bonchev–Trinajstić information content (AvgIpc) is 3.37. The number of halogens is 1. The Balaban J connectivity index is 1.50. The van der Waals surface area contributed by atoms with Gasteiger partial charge in [-0.15, -0.1) is 0 Å². The maximum absolute atomic E-state index is 13.3. The molecule has 3 rings (SSSR count). The van der Waals surface area contributed by atoms with Crippen LogP contribution < -0.4 is 10.6 Å². The zero-order valence-corrected chi connectivity index (χ0v) is 16.8. The molecule has 0 unspecified atom stereocenters. The summed E-state index contributed by atoms with van der Waals surface area (Å²) < 4.78 is 24.1. The molecule has 156 valence electrons. The summed E-state index contributed by atoms with van der Waals surface area (Å²) >= 11 is 0. The Hall–Kier alpha value is -2.80. The molecule has 3 N–H and O–H groups in total. The van der Waals surface area contributed by atoms with Crippen molar-refractivity contribution >= 4 is 16.9 Å². The molecule has 0 aliphatic heterocycles. The number of aromatic amines is 1. The minimum atomic E-state index is -0.230. The molecule has 29 heavy (non-hydrogen) atoms. The summed E-state index contributed by atoms with van der Waals surface area (Å²) in [6.07, 6.45) is 6.11. The molecule has 0 atom stereocenters. The normalized spacial score (nSPS) is 11.9. The topological polar surface area (TPSA) is 74.6 Å². The molecule has 2 aromatic heterocycles. The Bertz CT molecular complexity index is 889. The zero-order chi connectivity index (χ0) is 20.3. The lowest BCUT2D eigenvalue weighted by Crippen LogP contribution is -2.39. The smallest absolute Gasteiger partial charge is 0.191 e. The lowest BCUT2D eigenvalue weighted by Gasteiger charge is -2.12. The molecule has 0 aliphatic carbocycles. The second-order valence-electron chi connectivity index (χ2n) is 6.72. The van der Waals surface area contributed by atoms with E-state index in [2.05, 4.69) is 20.6 Å². The first kappa shape index (κ1) is 20.9. The predicted octanol–water partition coefficient (Wildman–Crippen LogP) is 3.65. The second-order valence-corrected chi connectivity index (χ2v) is 6.72. The SMILES string of the molecule is CCOCCCN=C(NCCc1ccco1)NCCc1c[nH]c2cc(F)ccc12. The number of hydrogen-bond acceptors (Lipinski definition) is 3. The standard InChI is InChI=1S/C22H29FN4O2/c1-2-28-13-4-10-24-22(26-12-9-19-5-3-14-29-19)25-11-8-17-16-27-21-15-18(23)6-7-20(17)21/h3,5-7,14-16,27H,2,4,8-13H2,1H3,(H2,24,25,26). The molecular formula is C22H29FN4O2. The van der Waals surface area contributed by atoms with Crippen LogP contribution in [0.2, 0.25) is 0 Å². The van der Waals surface area contributed by atoms with Gasteiger partial charge in [-0.25, -0.2) is 4.39 Å². The summed E-state index contributed by atoms with van der Waals surface area (Å²) in [5.41, 5.74) is 1.97. The van der Waals surface area contributed by atoms with Crippen molar-refractivity contribution in [1.29, 1.82) is 0 Å². The summed E-state index contributed by atoms with van der Waals surface area (Å²) in [5.74, 6) is 1.49. The van der Waals surface area contributed by atoms with Crippen molar-refractivity contribution < 1.29 is 13.5 Å². The van der Waals surface area contributed by atoms with E-state index in [1.165, 1.54) is 12.1 Å². The molecule has 0 radical (unpaired) electrons. The van der Waals surface area contributed by atoms with E-state index >= 15 is 0 Å². The largest absolute Gasteiger partial charge is 0.469 e. The molecule has 0 amide bonds. The number of rotatable bonds is 11. The lowest BCUT2D eigenvalue weighted by atomic mass is 10.1. The van der Waals surface area contributed by atoms with E-state index in [4.69, 9.17) is 9.15 Å². The van der Waals surface area contributed by atoms with E-state index in [1.807, 2.05) is 31.3 Å². The van der Waals surface area contributed by atoms with Gasteiger partial charge in [-0.3, -0.25) is 4.99 Å². The van der Waals surface area contributed by atoms with Crippen LogP contribution in [0, 0.1) is 5.82 Å². The van der Waals surface area contributed by atoms with Gasteiger partial charge < -0.3 is 24.8 Å². The summed E-state index contributed by atoms with van der Waals surface area (Å²) in [5, 5.41) is 7.79. The number of furan rings is 1. The van der Waals surface area contributed by atoms with Crippen LogP contribution >= 0.6 is 0 Å². The Labute approximate surface area is 170 Å². The molecule has 2 heterocycles. The molecule has 7 heteroatoms. The molecule has 0 saturated heterocycles. The van der Waals surface area contributed by atoms with Crippen LogP contribution in [0.1, 0.15) is 24.7 Å². The molecule has 3 aromatic rings. The number of aliphatic imine (C=N–C) groups is 1. The van der Waals surface area contributed by atoms with Crippen molar-refractivity contribution in [3.05, 3.63) is 59.9 Å². The highest BCUT2D eigenvalue weighted by Gasteiger charge is 2.06. The first-order chi connectivity index (χ1) is 14.3. The van der Waals surface area contributed by atoms with Gasteiger partial charge in [0.1, 0.15) is 11.6 Å². The average molecular weight is 400 g/mol. The number of guanidine groups is 1. The van der Waals surface area contributed by atoms with E-state index in [0.717, 1.165) is 67.1 Å². The third kappa shape index (κ3) is 6.64. The van der Waals surface area contributed by atoms with Crippen molar-refractivity contribution in [3.8, 4) is 0 Å². The number of benzene rings is 1. The van der Waals surface area contributed by atoms with Crippen LogP contribution in [0.3, 0.4) is 0 Å². The van der Waals surface area contributed by atoms with E-state index in [0.29, 0.717) is 13.2 Å². The predicted molar refractivity (Wildman–Crippen MR) is 114 cm³/mol. The maximum atomic E-state index is 13.3. The van der Waals surface area contributed by atoms with Gasteiger partial charge in [0.15, 0.2) is 5.96 Å². The van der Waals surface area contributed by atoms with Gasteiger partial charge in [-0.2, -0.15) is 0 Å². The van der Waals surface area contributed by atoms with Crippen LogP contribution in [0.25, 0.3) is 10.9 Å². The van der Waals surface area contributed by atoms with Crippen molar-refractivity contribution in [2.45, 2.75) is 26.2 Å². The molecule has 0 saturated carbocycles. The molecular weight excluding hydrogens is 371 g/mol. The number of fused-ring (bicyclic) bond motifs is 1. The van der Waals surface area contributed by atoms with E-state index in [1.54, 1.807) is 6.26 Å². The van der Waals surface area contributed by atoms with Crippen molar-refractivity contribution in [3.63, 3.8) is 0 Å². The molecule has 6 nitrogen and oxygen atoms in total. The van der Waals surface area contributed by atoms with Crippen LogP contribution in [-0.2, 0) is 17.6 Å². The Morgan fingerprint density at radius 2 is 2.07 bits per heavy atom. The van der Waals surface area contributed by atoms with Crippen molar-refractivity contribution in [2.24, 2.45) is 4.99 Å². The Morgan fingerprint density at radius 3 is 2.86 bits per heavy atom. The molecule has 0 fully saturated rings. The number of H-pyrrole nitrogens is 1. The fourth-order valence-corrected chi connectivity index (χ4v) is 3.12. The quantitative estimate of drug-likeness (QED) is 0.261. The highest BCUT2D eigenvalue weighted by Crippen LogP contribution is 2.19. The number of hydrogen-bond donors (Lipinski definition) is 3. The van der Waals surface area contributed by atoms with E-state index in [-0.39, 0.29) is 5.82 Å². The zero-order valence-electron chi connectivity index (χ0n) is 16.8. The molecule has 1 aromatic carbocycles. The minimum absolute atomic E-state index is 0.230. The number of nitrogens with zero attached hydrogens (tertiary/aromatic N) is 1. The van der Waals surface area contributed by atoms with Gasteiger partial charge in [0, 0.05) is 56.4 Å². The third-order valence-electron chi connectivity index (χ3n) is 4.58. The van der Waals surface area contributed by atoms with Gasteiger partial charge in [0.05, 0.1) is 6.26 Å². The van der Waals surface area contributed by atoms with Gasteiger partial charge in [-0.1, -0.05) is 0 Å². The van der Waals surface area contributed by atoms with Gasteiger partial charge in [0.2, 0.25) is 0 Å². The fourth-order valence-electron chi connectivity index (χ4n) is 3.12. The van der Waals surface area contributed by atoms with E-state index in [9.17, 15) is 4.39 Å². The van der Waals surface area contributed by atoms with Crippen LogP contribution in [-0.4, -0.2) is 43.8 Å². The molecule has 0 spiro atoms. The van der Waals surface area contributed by atoms with Gasteiger partial charge in [-0.05, 0) is 55.7 Å². The molecule has 0 bridgehead atoms. The first-order valence-corrected chi connectivity index (χ1v) is 10.1. The highest BCUT2D eigenvalue weighted by molar-refractivity contribution is 5.83. The summed E-state index contributed by atoms with van der Waals surface area (Å²) in [4.78, 5) is 7.77. The summed E-state index contributed by atoms with van der Waals surface area (Å²) in [7, 11) is 0. The van der Waals surface area contributed by atoms with Crippen molar-refractivity contribution in [1.82, 2.24) is 15.6 Å². The monoisotopic (exact) mass is 400 g/mol. The first-order valence-electron chi connectivity index (χ1n) is 10.1. The number of ether oxygens (including phenoxy) is 1. The van der Waals surface area contributed by atoms with Crippen LogP contribution in [0.5, 0.6) is 0 Å². The summed E-state index contributed by atoms with van der Waals surface area (Å²) in [6.45, 7) is 5.59. The number of nitrogens with one attached hydrogen (secondary N) is 3. The van der Waals surface area contributed by atoms with E-state index < -0.39 is 0 Å². The fraction of sp³-hybridized carbons (Fsp3) is 0.409. The minimum Gasteiger partial charge on any atom is -0.469 e. The van der Waals surface area contributed by atoms with Crippen molar-refractivity contribution in [2.75, 3.05) is 32.8 Å². The van der Waals surface area contributed by atoms with Gasteiger partial charge in [0.25, 0.3) is 0 Å². The lowest BCUT2D eigenvalue weighted by molar-refractivity contribution is 0.146. The van der Waals surface area contributed by atoms with Gasteiger partial charge >= 0.3 is 0 Å². The summed E-state index contributed by atoms with van der Waals surface area (Å²) in [6, 6.07) is 8.69. The second kappa shape index (κ2) is 11.3. The maximum Gasteiger partial charge on any atom is 0.191 e.